The van der Waals surface area contributed by atoms with Crippen LogP contribution in [0.15, 0.2) is 183 Å². The SMILES string of the molecule is Cc1ccc(C#Cc2cnc3c(ccc4cc(C#Cc5ccc(C)cc5)cnc43)c2)cc1.F[P-](F)(F)(F)(F)F.F[P-](F)(F)(F)(F)F.[Ru+2].c1ccc(-c2ccccn2)nc1.c1ccc(-c2ccccn2)nc1. The zero-order valence-electron chi connectivity index (χ0n) is 36.8. The van der Waals surface area contributed by atoms with Gasteiger partial charge in [0.2, 0.25) is 0 Å². The third kappa shape index (κ3) is 24.3. The minimum absolute atomic E-state index is 0. The quantitative estimate of drug-likeness (QED) is 0.0564. The van der Waals surface area contributed by atoms with Crippen LogP contribution in [0.4, 0.5) is 50.4 Å². The summed E-state index contributed by atoms with van der Waals surface area (Å²) < 4.78 is 118. The van der Waals surface area contributed by atoms with Crippen molar-refractivity contribution in [3.8, 4) is 46.5 Å². The summed E-state index contributed by atoms with van der Waals surface area (Å²) in [6.07, 6.45) is 10.7. The van der Waals surface area contributed by atoms with E-state index in [4.69, 9.17) is 0 Å². The van der Waals surface area contributed by atoms with Crippen LogP contribution < -0.4 is 0 Å². The Bertz CT molecular complexity index is 2980. The maximum atomic E-state index is 9.87. The fourth-order valence-corrected chi connectivity index (χ4v) is 5.55. The van der Waals surface area contributed by atoms with Crippen LogP contribution in [-0.2, 0) is 19.5 Å². The van der Waals surface area contributed by atoms with Gasteiger partial charge in [-0.1, -0.05) is 95.5 Å². The number of rotatable bonds is 2. The zero-order chi connectivity index (χ0) is 51.2. The summed E-state index contributed by atoms with van der Waals surface area (Å²) in [7, 11) is -21.3. The largest absolute Gasteiger partial charge is 2.00 e. The molecule has 71 heavy (non-hydrogen) atoms. The molecular formula is C50H36F12N6P2Ru. The Morgan fingerprint density at radius 3 is 0.817 bits per heavy atom. The Kier molecular flexibility index (Phi) is 17.4. The van der Waals surface area contributed by atoms with Crippen LogP contribution in [-0.4, -0.2) is 29.9 Å². The van der Waals surface area contributed by atoms with E-state index in [1.165, 1.54) is 11.1 Å². The van der Waals surface area contributed by atoms with Crippen LogP contribution in [0.3, 0.4) is 0 Å². The second kappa shape index (κ2) is 21.9. The van der Waals surface area contributed by atoms with Crippen molar-refractivity contribution in [3.05, 3.63) is 216 Å². The molecule has 0 fully saturated rings. The first-order chi connectivity index (χ1) is 32.5. The molecule has 9 rings (SSSR count). The average Bonchev–Trinajstić information content (AvgIpc) is 3.30. The van der Waals surface area contributed by atoms with E-state index < -0.39 is 15.6 Å². The van der Waals surface area contributed by atoms with Crippen molar-refractivity contribution in [1.29, 1.82) is 0 Å². The molecule has 0 aliphatic rings. The average molecular weight is 1110 g/mol. The van der Waals surface area contributed by atoms with E-state index in [0.717, 1.165) is 66.8 Å². The van der Waals surface area contributed by atoms with Crippen molar-refractivity contribution in [3.63, 3.8) is 0 Å². The topological polar surface area (TPSA) is 77.3 Å². The van der Waals surface area contributed by atoms with E-state index in [9.17, 15) is 50.4 Å². The summed E-state index contributed by atoms with van der Waals surface area (Å²) in [6.45, 7) is 4.14. The van der Waals surface area contributed by atoms with Gasteiger partial charge in [-0.3, -0.25) is 29.9 Å². The predicted molar refractivity (Wildman–Crippen MR) is 253 cm³/mol. The van der Waals surface area contributed by atoms with Crippen molar-refractivity contribution < 1.29 is 69.8 Å². The van der Waals surface area contributed by atoms with E-state index in [1.807, 2.05) is 109 Å². The third-order valence-corrected chi connectivity index (χ3v) is 8.49. The molecule has 3 aromatic carbocycles. The van der Waals surface area contributed by atoms with Gasteiger partial charge in [0.1, 0.15) is 0 Å². The Morgan fingerprint density at radius 2 is 0.577 bits per heavy atom. The predicted octanol–water partition coefficient (Wildman–Crippen LogP) is 17.2. The molecule has 0 saturated carbocycles. The molecule has 0 unspecified atom stereocenters. The van der Waals surface area contributed by atoms with Gasteiger partial charge in [0.25, 0.3) is 0 Å². The van der Waals surface area contributed by atoms with Crippen LogP contribution >= 0.6 is 15.6 Å². The molecule has 0 aliphatic heterocycles. The summed E-state index contributed by atoms with van der Waals surface area (Å²) in [5, 5.41) is 2.05. The summed E-state index contributed by atoms with van der Waals surface area (Å²) in [6, 6.07) is 47.9. The van der Waals surface area contributed by atoms with Crippen LogP contribution in [0.1, 0.15) is 33.4 Å². The Labute approximate surface area is 412 Å². The molecule has 21 heteroatoms. The first-order valence-electron chi connectivity index (χ1n) is 20.1. The number of nitrogens with zero attached hydrogens (tertiary/aromatic N) is 6. The molecule has 0 amide bonds. The molecule has 0 spiro atoms. The van der Waals surface area contributed by atoms with Crippen molar-refractivity contribution in [2.45, 2.75) is 13.8 Å². The number of aromatic nitrogens is 6. The molecule has 0 saturated heterocycles. The van der Waals surface area contributed by atoms with Gasteiger partial charge in [0.15, 0.2) is 0 Å². The summed E-state index contributed by atoms with van der Waals surface area (Å²) in [5.41, 5.74) is 11.6. The molecular weight excluding hydrogens is 1080 g/mol. The number of hydrogen-bond acceptors (Lipinski definition) is 6. The molecule has 368 valence electrons. The van der Waals surface area contributed by atoms with E-state index in [1.54, 1.807) is 24.8 Å². The fraction of sp³-hybridized carbons (Fsp3) is 0.0400. The van der Waals surface area contributed by atoms with Crippen molar-refractivity contribution >= 4 is 37.4 Å². The molecule has 6 heterocycles. The van der Waals surface area contributed by atoms with E-state index >= 15 is 0 Å². The first-order valence-corrected chi connectivity index (χ1v) is 24.2. The first kappa shape index (κ1) is 56.4. The van der Waals surface area contributed by atoms with Crippen LogP contribution in [0.5, 0.6) is 0 Å². The number of pyridine rings is 6. The zero-order valence-corrected chi connectivity index (χ0v) is 40.3. The maximum Gasteiger partial charge on any atom is 2.00 e. The minimum Gasteiger partial charge on any atom is -0.255 e. The molecule has 0 atom stereocenters. The van der Waals surface area contributed by atoms with Crippen LogP contribution in [0.2, 0.25) is 0 Å². The number of fused-ring (bicyclic) bond motifs is 3. The van der Waals surface area contributed by atoms with Gasteiger partial charge in [0, 0.05) is 70.2 Å². The molecule has 0 aliphatic carbocycles. The van der Waals surface area contributed by atoms with Gasteiger partial charge in [-0.15, -0.1) is 0 Å². The Morgan fingerprint density at radius 1 is 0.324 bits per heavy atom. The summed E-state index contributed by atoms with van der Waals surface area (Å²) in [4.78, 5) is 26.1. The minimum atomic E-state index is -10.7. The molecule has 9 aromatic rings. The normalized spacial score (nSPS) is 12.5. The van der Waals surface area contributed by atoms with Crippen molar-refractivity contribution in [2.75, 3.05) is 0 Å². The van der Waals surface area contributed by atoms with Gasteiger partial charge < -0.3 is 0 Å². The monoisotopic (exact) mass is 1110 g/mol. The van der Waals surface area contributed by atoms with Crippen LogP contribution in [0, 0.1) is 37.5 Å². The Balaban J connectivity index is 0.000000230. The van der Waals surface area contributed by atoms with Crippen molar-refractivity contribution in [2.24, 2.45) is 0 Å². The molecule has 0 radical (unpaired) electrons. The third-order valence-electron chi connectivity index (χ3n) is 8.49. The second-order valence-electron chi connectivity index (χ2n) is 14.7. The fourth-order valence-electron chi connectivity index (χ4n) is 5.55. The molecule has 0 N–H and O–H groups in total. The standard InChI is InChI=1S/C30H20N2.2C10H8N2.2F6P.Ru/c1-21-3-7-23(8-4-21)11-13-25-17-27-15-16-28-18-26(20-32-30(28)29(27)31-19-25)14-12-24-9-5-22(2)6-10-24;2*1-3-7-11-9(5-1)10-6-2-4-8-12-10;2*1-7(2,3,4,5)6;/h3-10,15-20H,1-2H3;2*1-8H;;;/q;;;2*-1;+2. The molecule has 0 bridgehead atoms. The molecule has 6 nitrogen and oxygen atoms in total. The second-order valence-corrected chi connectivity index (χ2v) is 18.5. The number of hydrogen-bond donors (Lipinski definition) is 0. The summed E-state index contributed by atoms with van der Waals surface area (Å²) in [5.74, 6) is 12.8. The van der Waals surface area contributed by atoms with Gasteiger partial charge >= 0.3 is 85.5 Å². The number of halogens is 12. The van der Waals surface area contributed by atoms with E-state index in [0.29, 0.717) is 0 Å². The smallest absolute Gasteiger partial charge is 0.255 e. The summed E-state index contributed by atoms with van der Waals surface area (Å²) >= 11 is 0. The van der Waals surface area contributed by atoms with Gasteiger partial charge in [0.05, 0.1) is 33.8 Å². The van der Waals surface area contributed by atoms with Gasteiger partial charge in [-0.2, -0.15) is 0 Å². The Hall–Kier alpha value is -7.16. The van der Waals surface area contributed by atoms with Gasteiger partial charge in [-0.25, -0.2) is 0 Å². The van der Waals surface area contributed by atoms with E-state index in [2.05, 4.69) is 116 Å². The number of benzene rings is 3. The maximum absolute atomic E-state index is 10.7. The van der Waals surface area contributed by atoms with Crippen LogP contribution in [0.25, 0.3) is 44.6 Å². The van der Waals surface area contributed by atoms with Crippen molar-refractivity contribution in [1.82, 2.24) is 29.9 Å². The van der Waals surface area contributed by atoms with Gasteiger partial charge in [-0.05, 0) is 98.8 Å². The number of aryl methyl sites for hydroxylation is 2. The van der Waals surface area contributed by atoms with E-state index in [-0.39, 0.29) is 19.5 Å². The molecule has 6 aromatic heterocycles.